The first-order chi connectivity index (χ1) is 17.0. The molecule has 7 rings (SSSR count). The van der Waals surface area contributed by atoms with E-state index in [1.54, 1.807) is 0 Å². The molecule has 1 saturated heterocycles. The molecule has 3 aromatic carbocycles. The lowest BCUT2D eigenvalue weighted by Crippen LogP contribution is -2.49. The van der Waals surface area contributed by atoms with E-state index >= 15 is 0 Å². The zero-order valence-electron chi connectivity index (χ0n) is 19.8. The monoisotopic (exact) mass is 465 g/mol. The van der Waals surface area contributed by atoms with Gasteiger partial charge in [-0.2, -0.15) is 0 Å². The summed E-state index contributed by atoms with van der Waals surface area (Å²) in [5.74, 6) is -2.69. The third-order valence-corrected chi connectivity index (χ3v) is 7.86. The predicted molar refractivity (Wildman–Crippen MR) is 130 cm³/mol. The number of benzene rings is 3. The third-order valence-electron chi connectivity index (χ3n) is 7.86. The summed E-state index contributed by atoms with van der Waals surface area (Å²) in [6.07, 6.45) is 0. The highest BCUT2D eigenvalue weighted by Crippen LogP contribution is 2.61. The topological polar surface area (TPSA) is 63.7 Å². The first kappa shape index (κ1) is 21.8. The summed E-state index contributed by atoms with van der Waals surface area (Å²) in [6, 6.07) is 24.8. The van der Waals surface area contributed by atoms with Gasteiger partial charge in [-0.15, -0.1) is 0 Å². The van der Waals surface area contributed by atoms with Crippen molar-refractivity contribution in [1.29, 1.82) is 0 Å². The smallest absolute Gasteiger partial charge is 0.329 e. The van der Waals surface area contributed by atoms with Crippen molar-refractivity contribution in [1.82, 2.24) is 4.90 Å². The minimum absolute atomic E-state index is 0.105. The van der Waals surface area contributed by atoms with E-state index in [0.717, 1.165) is 27.8 Å². The quantitative estimate of drug-likeness (QED) is 0.407. The van der Waals surface area contributed by atoms with Crippen molar-refractivity contribution in [3.05, 3.63) is 107 Å². The molecule has 2 bridgehead atoms. The van der Waals surface area contributed by atoms with Crippen LogP contribution in [0.4, 0.5) is 0 Å². The number of rotatable bonds is 5. The SMILES string of the molecule is CC(C)[C@H](C(=O)OCc1ccccc1)N1C(=O)[C@@H]2C3c4ccccc4C(c4ccccc43)[C@@H]2C1=O. The standard InChI is InChI=1S/C30H27NO4/c1-17(2)27(30(34)35-16-18-10-4-3-5-11-18)31-28(32)25-23-19-12-6-7-13-20(19)24(26(25)29(31)33)22-15-9-8-14-21(22)23/h3-15,17,23-27H,16H2,1-2H3/t23?,24?,25-,26+,27-/m1/s1. The number of likely N-dealkylation sites (tertiary alicyclic amines) is 1. The zero-order valence-corrected chi connectivity index (χ0v) is 19.8. The number of carbonyl (C=O) groups is 3. The average Bonchev–Trinajstić information content (AvgIpc) is 3.14. The minimum atomic E-state index is -0.949. The highest BCUT2D eigenvalue weighted by Gasteiger charge is 2.63. The van der Waals surface area contributed by atoms with Crippen molar-refractivity contribution in [3.63, 3.8) is 0 Å². The van der Waals surface area contributed by atoms with Crippen molar-refractivity contribution in [2.24, 2.45) is 17.8 Å². The molecule has 4 aliphatic rings. The van der Waals surface area contributed by atoms with Gasteiger partial charge >= 0.3 is 5.97 Å². The molecule has 3 aromatic rings. The minimum Gasteiger partial charge on any atom is -0.459 e. The summed E-state index contributed by atoms with van der Waals surface area (Å²) in [4.78, 5) is 42.5. The molecule has 0 unspecified atom stereocenters. The Bertz CT molecular complexity index is 1220. The van der Waals surface area contributed by atoms with E-state index in [4.69, 9.17) is 4.74 Å². The number of esters is 1. The molecule has 3 atom stereocenters. The molecule has 2 amide bonds. The maximum atomic E-state index is 14.0. The molecule has 0 radical (unpaired) electrons. The Hall–Kier alpha value is -3.73. The van der Waals surface area contributed by atoms with E-state index in [2.05, 4.69) is 24.3 Å². The molecule has 1 heterocycles. The molecular formula is C30H27NO4. The summed E-state index contributed by atoms with van der Waals surface area (Å²) < 4.78 is 5.62. The van der Waals surface area contributed by atoms with Crippen LogP contribution in [-0.2, 0) is 25.7 Å². The summed E-state index contributed by atoms with van der Waals surface area (Å²) in [5.41, 5.74) is 5.34. The molecule has 0 spiro atoms. The first-order valence-electron chi connectivity index (χ1n) is 12.2. The van der Waals surface area contributed by atoms with Gasteiger partial charge in [0.25, 0.3) is 0 Å². The van der Waals surface area contributed by atoms with E-state index in [1.807, 2.05) is 68.4 Å². The lowest BCUT2D eigenvalue weighted by Gasteiger charge is -2.45. The lowest BCUT2D eigenvalue weighted by molar-refractivity contribution is -0.161. The summed E-state index contributed by atoms with van der Waals surface area (Å²) >= 11 is 0. The number of ether oxygens (including phenoxy) is 1. The molecular weight excluding hydrogens is 438 g/mol. The molecule has 0 saturated carbocycles. The van der Waals surface area contributed by atoms with Gasteiger partial charge in [0.05, 0.1) is 11.8 Å². The van der Waals surface area contributed by atoms with Crippen LogP contribution < -0.4 is 0 Å². The molecule has 5 nitrogen and oxygen atoms in total. The van der Waals surface area contributed by atoms with Crippen LogP contribution in [0.5, 0.6) is 0 Å². The summed E-state index contributed by atoms with van der Waals surface area (Å²) in [6.45, 7) is 3.82. The van der Waals surface area contributed by atoms with Crippen LogP contribution in [0, 0.1) is 17.8 Å². The maximum absolute atomic E-state index is 14.0. The van der Waals surface area contributed by atoms with E-state index in [-0.39, 0.29) is 36.2 Å². The van der Waals surface area contributed by atoms with Crippen LogP contribution in [0.1, 0.15) is 53.5 Å². The van der Waals surface area contributed by atoms with Crippen LogP contribution in [0.2, 0.25) is 0 Å². The lowest BCUT2D eigenvalue weighted by atomic mass is 9.55. The highest BCUT2D eigenvalue weighted by molar-refractivity contribution is 6.10. The van der Waals surface area contributed by atoms with Crippen molar-refractivity contribution in [3.8, 4) is 0 Å². The van der Waals surface area contributed by atoms with E-state index in [1.165, 1.54) is 4.90 Å². The van der Waals surface area contributed by atoms with Gasteiger partial charge in [-0.1, -0.05) is 92.7 Å². The number of hydrogen-bond donors (Lipinski definition) is 0. The van der Waals surface area contributed by atoms with Crippen LogP contribution >= 0.6 is 0 Å². The summed E-state index contributed by atoms with van der Waals surface area (Å²) in [5, 5.41) is 0. The molecule has 0 N–H and O–H groups in total. The van der Waals surface area contributed by atoms with Crippen molar-refractivity contribution in [2.75, 3.05) is 0 Å². The van der Waals surface area contributed by atoms with Gasteiger partial charge in [-0.05, 0) is 33.7 Å². The van der Waals surface area contributed by atoms with Gasteiger partial charge in [-0.3, -0.25) is 14.5 Å². The van der Waals surface area contributed by atoms with E-state index in [9.17, 15) is 14.4 Å². The fourth-order valence-corrected chi connectivity index (χ4v) is 6.46. The molecule has 3 aliphatic carbocycles. The van der Waals surface area contributed by atoms with Crippen LogP contribution in [0.25, 0.3) is 0 Å². The van der Waals surface area contributed by atoms with Gasteiger partial charge in [0.2, 0.25) is 11.8 Å². The van der Waals surface area contributed by atoms with Gasteiger partial charge in [0.1, 0.15) is 12.6 Å². The number of imide groups is 1. The third kappa shape index (κ3) is 3.18. The van der Waals surface area contributed by atoms with Gasteiger partial charge in [-0.25, -0.2) is 4.79 Å². The van der Waals surface area contributed by atoms with Crippen LogP contribution in [0.15, 0.2) is 78.9 Å². The Morgan fingerprint density at radius 3 is 1.60 bits per heavy atom. The second kappa shape index (κ2) is 8.19. The predicted octanol–water partition coefficient (Wildman–Crippen LogP) is 4.65. The van der Waals surface area contributed by atoms with Crippen molar-refractivity contribution >= 4 is 17.8 Å². The van der Waals surface area contributed by atoms with E-state index < -0.39 is 23.8 Å². The summed E-state index contributed by atoms with van der Waals surface area (Å²) in [7, 11) is 0. The first-order valence-corrected chi connectivity index (χ1v) is 12.2. The van der Waals surface area contributed by atoms with Gasteiger partial charge in [0, 0.05) is 11.8 Å². The van der Waals surface area contributed by atoms with Crippen LogP contribution in [-0.4, -0.2) is 28.7 Å². The largest absolute Gasteiger partial charge is 0.459 e. The molecule has 35 heavy (non-hydrogen) atoms. The normalized spacial score (nSPS) is 24.7. The second-order valence-electron chi connectivity index (χ2n) is 10.1. The zero-order chi connectivity index (χ0) is 24.3. The van der Waals surface area contributed by atoms with Crippen LogP contribution in [0.3, 0.4) is 0 Å². The molecule has 0 aromatic heterocycles. The van der Waals surface area contributed by atoms with Crippen molar-refractivity contribution < 1.29 is 19.1 Å². The van der Waals surface area contributed by atoms with Gasteiger partial charge < -0.3 is 4.74 Å². The Morgan fingerprint density at radius 1 is 0.743 bits per heavy atom. The van der Waals surface area contributed by atoms with E-state index in [0.29, 0.717) is 0 Å². The Labute approximate surface area is 204 Å². The number of amides is 2. The number of hydrogen-bond acceptors (Lipinski definition) is 4. The fraction of sp³-hybridized carbons (Fsp3) is 0.300. The molecule has 1 aliphatic heterocycles. The maximum Gasteiger partial charge on any atom is 0.329 e. The van der Waals surface area contributed by atoms with Crippen molar-refractivity contribution in [2.45, 2.75) is 38.3 Å². The number of nitrogens with zero attached hydrogens (tertiary/aromatic N) is 1. The highest BCUT2D eigenvalue weighted by atomic mass is 16.5. The molecule has 1 fully saturated rings. The molecule has 5 heteroatoms. The Kier molecular flexibility index (Phi) is 5.10. The van der Waals surface area contributed by atoms with Gasteiger partial charge in [0.15, 0.2) is 0 Å². The molecule has 176 valence electrons. The Morgan fingerprint density at radius 2 is 1.17 bits per heavy atom. The Balaban J connectivity index is 1.37. The average molecular weight is 466 g/mol. The second-order valence-corrected chi connectivity index (χ2v) is 10.1. The fourth-order valence-electron chi connectivity index (χ4n) is 6.46. The number of carbonyl (C=O) groups excluding carboxylic acids is 3.